The van der Waals surface area contributed by atoms with Crippen molar-refractivity contribution in [1.82, 2.24) is 10.3 Å². The Bertz CT molecular complexity index is 1200. The average Bonchev–Trinajstić information content (AvgIpc) is 2.88. The van der Waals surface area contributed by atoms with Gasteiger partial charge in [0.15, 0.2) is 11.5 Å². The van der Waals surface area contributed by atoms with E-state index in [4.69, 9.17) is 25.8 Å². The maximum absolute atomic E-state index is 12.8. The van der Waals surface area contributed by atoms with Crippen LogP contribution >= 0.6 is 11.6 Å². The van der Waals surface area contributed by atoms with Crippen LogP contribution in [0.4, 0.5) is 5.82 Å². The predicted molar refractivity (Wildman–Crippen MR) is 137 cm³/mol. The molecular weight excluding hydrogens is 486 g/mol. The van der Waals surface area contributed by atoms with Gasteiger partial charge < -0.3 is 30.0 Å². The van der Waals surface area contributed by atoms with Gasteiger partial charge in [0.2, 0.25) is 0 Å². The summed E-state index contributed by atoms with van der Waals surface area (Å²) in [5.74, 6) is 0.196. The molecule has 10 heteroatoms. The van der Waals surface area contributed by atoms with Crippen LogP contribution in [0.15, 0.2) is 54.6 Å². The number of amides is 1. The van der Waals surface area contributed by atoms with Crippen molar-refractivity contribution in [1.29, 1.82) is 0 Å². The molecule has 0 radical (unpaired) electrons. The van der Waals surface area contributed by atoms with Crippen molar-refractivity contribution in [3.05, 3.63) is 76.4 Å². The standard InChI is InChI=1S/C26H28ClN3O6/c1-28-22-6-4-5-17(29-22)13-14-36-18-9-7-16(8-10-18)15-20(26(32)33)30-25(31)19-11-12-21(34-2)24(35-3)23(19)27/h4-12,20H,13-15H2,1-3H3,(H,28,29)(H,30,31)(H,32,33)/t20-/m0/s1. The molecule has 0 aliphatic carbocycles. The van der Waals surface area contributed by atoms with E-state index in [0.29, 0.717) is 24.5 Å². The number of carbonyl (C=O) groups excluding carboxylic acids is 1. The summed E-state index contributed by atoms with van der Waals surface area (Å²) in [6, 6.07) is 14.6. The molecule has 1 heterocycles. The highest BCUT2D eigenvalue weighted by molar-refractivity contribution is 6.35. The first-order valence-corrected chi connectivity index (χ1v) is 11.5. The highest BCUT2D eigenvalue weighted by atomic mass is 35.5. The Morgan fingerprint density at radius 2 is 1.81 bits per heavy atom. The lowest BCUT2D eigenvalue weighted by Gasteiger charge is -2.17. The highest BCUT2D eigenvalue weighted by Gasteiger charge is 2.24. The monoisotopic (exact) mass is 513 g/mol. The number of aromatic nitrogens is 1. The van der Waals surface area contributed by atoms with Gasteiger partial charge in [0.05, 0.1) is 31.4 Å². The third-order valence-corrected chi connectivity index (χ3v) is 5.76. The van der Waals surface area contributed by atoms with Gasteiger partial charge in [0.1, 0.15) is 17.6 Å². The normalized spacial score (nSPS) is 11.3. The molecule has 0 spiro atoms. The molecule has 0 saturated carbocycles. The fourth-order valence-corrected chi connectivity index (χ4v) is 3.81. The Morgan fingerprint density at radius 1 is 1.06 bits per heavy atom. The van der Waals surface area contributed by atoms with E-state index in [1.54, 1.807) is 24.3 Å². The van der Waals surface area contributed by atoms with Crippen molar-refractivity contribution < 1.29 is 28.9 Å². The summed E-state index contributed by atoms with van der Waals surface area (Å²) in [5, 5.41) is 15.2. The van der Waals surface area contributed by atoms with E-state index in [1.165, 1.54) is 26.4 Å². The number of hydrogen-bond donors (Lipinski definition) is 3. The number of nitrogens with one attached hydrogen (secondary N) is 2. The van der Waals surface area contributed by atoms with E-state index in [-0.39, 0.29) is 22.8 Å². The first-order chi connectivity index (χ1) is 17.4. The number of halogens is 1. The Kier molecular flexibility index (Phi) is 9.35. The summed E-state index contributed by atoms with van der Waals surface area (Å²) in [5.41, 5.74) is 1.71. The summed E-state index contributed by atoms with van der Waals surface area (Å²) in [7, 11) is 4.66. The van der Waals surface area contributed by atoms with Crippen molar-refractivity contribution in [2.24, 2.45) is 0 Å². The molecule has 0 aliphatic heterocycles. The molecule has 0 aliphatic rings. The van der Waals surface area contributed by atoms with Crippen LogP contribution in [0.5, 0.6) is 17.2 Å². The largest absolute Gasteiger partial charge is 0.493 e. The molecular formula is C26H28ClN3O6. The smallest absolute Gasteiger partial charge is 0.326 e. The van der Waals surface area contributed by atoms with E-state index in [1.807, 2.05) is 25.2 Å². The van der Waals surface area contributed by atoms with Crippen LogP contribution in [0.3, 0.4) is 0 Å². The third-order valence-electron chi connectivity index (χ3n) is 5.39. The minimum absolute atomic E-state index is 0.0351. The molecule has 1 amide bonds. The van der Waals surface area contributed by atoms with Gasteiger partial charge in [-0.15, -0.1) is 0 Å². The Hall–Kier alpha value is -3.98. The van der Waals surface area contributed by atoms with Gasteiger partial charge in [0, 0.05) is 25.6 Å². The highest BCUT2D eigenvalue weighted by Crippen LogP contribution is 2.37. The fourth-order valence-electron chi connectivity index (χ4n) is 3.49. The second-order valence-corrected chi connectivity index (χ2v) is 8.12. The summed E-state index contributed by atoms with van der Waals surface area (Å²) in [6.07, 6.45) is 0.718. The molecule has 0 saturated heterocycles. The molecule has 1 aromatic heterocycles. The molecule has 2 aromatic carbocycles. The molecule has 190 valence electrons. The topological polar surface area (TPSA) is 119 Å². The van der Waals surface area contributed by atoms with E-state index in [9.17, 15) is 14.7 Å². The van der Waals surface area contributed by atoms with Crippen molar-refractivity contribution in [2.45, 2.75) is 18.9 Å². The van der Waals surface area contributed by atoms with Gasteiger partial charge in [-0.05, 0) is 42.0 Å². The summed E-state index contributed by atoms with van der Waals surface area (Å²) in [6.45, 7) is 0.444. The van der Waals surface area contributed by atoms with Crippen LogP contribution in [0, 0.1) is 0 Å². The van der Waals surface area contributed by atoms with Crippen LogP contribution in [-0.2, 0) is 17.6 Å². The molecule has 0 fully saturated rings. The van der Waals surface area contributed by atoms with Crippen molar-refractivity contribution in [2.75, 3.05) is 33.2 Å². The summed E-state index contributed by atoms with van der Waals surface area (Å²) >= 11 is 6.29. The zero-order valence-corrected chi connectivity index (χ0v) is 21.0. The van der Waals surface area contributed by atoms with Crippen molar-refractivity contribution >= 4 is 29.3 Å². The Balaban J connectivity index is 1.60. The number of ether oxygens (including phenoxy) is 3. The average molecular weight is 514 g/mol. The van der Waals surface area contributed by atoms with Gasteiger partial charge in [-0.1, -0.05) is 29.8 Å². The summed E-state index contributed by atoms with van der Waals surface area (Å²) in [4.78, 5) is 29.1. The maximum atomic E-state index is 12.8. The van der Waals surface area contributed by atoms with Crippen LogP contribution in [-0.4, -0.2) is 55.9 Å². The minimum atomic E-state index is -1.17. The molecule has 0 unspecified atom stereocenters. The molecule has 3 rings (SSSR count). The zero-order chi connectivity index (χ0) is 26.1. The number of carbonyl (C=O) groups is 2. The lowest BCUT2D eigenvalue weighted by Crippen LogP contribution is -2.42. The first-order valence-electron chi connectivity index (χ1n) is 11.2. The number of carboxylic acids is 1. The van der Waals surface area contributed by atoms with Crippen LogP contribution < -0.4 is 24.8 Å². The summed E-state index contributed by atoms with van der Waals surface area (Å²) < 4.78 is 16.2. The molecule has 1 atom stereocenters. The predicted octanol–water partition coefficient (Wildman–Crippen LogP) is 3.84. The van der Waals surface area contributed by atoms with Crippen LogP contribution in [0.2, 0.25) is 5.02 Å². The number of hydrogen-bond acceptors (Lipinski definition) is 7. The fraction of sp³-hybridized carbons (Fsp3) is 0.269. The first kappa shape index (κ1) is 26.6. The van der Waals surface area contributed by atoms with E-state index in [0.717, 1.165) is 17.1 Å². The Labute approximate surface area is 214 Å². The number of nitrogens with zero attached hydrogens (tertiary/aromatic N) is 1. The van der Waals surface area contributed by atoms with Gasteiger partial charge in [-0.3, -0.25) is 4.79 Å². The van der Waals surface area contributed by atoms with Crippen LogP contribution in [0.25, 0.3) is 0 Å². The number of aliphatic carboxylic acids is 1. The van der Waals surface area contributed by atoms with E-state index in [2.05, 4.69) is 15.6 Å². The lowest BCUT2D eigenvalue weighted by molar-refractivity contribution is -0.139. The second kappa shape index (κ2) is 12.6. The van der Waals surface area contributed by atoms with Gasteiger partial charge >= 0.3 is 5.97 Å². The second-order valence-electron chi connectivity index (χ2n) is 7.74. The number of anilines is 1. The molecule has 36 heavy (non-hydrogen) atoms. The van der Waals surface area contributed by atoms with E-state index < -0.39 is 17.9 Å². The molecule has 3 N–H and O–H groups in total. The van der Waals surface area contributed by atoms with Gasteiger partial charge in [-0.2, -0.15) is 0 Å². The zero-order valence-electron chi connectivity index (χ0n) is 20.2. The van der Waals surface area contributed by atoms with Crippen molar-refractivity contribution in [3.8, 4) is 17.2 Å². The van der Waals surface area contributed by atoms with Crippen LogP contribution in [0.1, 0.15) is 21.6 Å². The minimum Gasteiger partial charge on any atom is -0.493 e. The van der Waals surface area contributed by atoms with E-state index >= 15 is 0 Å². The maximum Gasteiger partial charge on any atom is 0.326 e. The third kappa shape index (κ3) is 6.79. The molecule has 3 aromatic rings. The number of pyridine rings is 1. The van der Waals surface area contributed by atoms with Crippen molar-refractivity contribution in [3.63, 3.8) is 0 Å². The van der Waals surface area contributed by atoms with Gasteiger partial charge in [-0.25, -0.2) is 9.78 Å². The molecule has 9 nitrogen and oxygen atoms in total. The Morgan fingerprint density at radius 3 is 2.44 bits per heavy atom. The quantitative estimate of drug-likeness (QED) is 0.334. The number of carboxylic acid groups (broad SMARTS) is 1. The SMILES string of the molecule is CNc1cccc(CCOc2ccc(C[C@H](NC(=O)c3ccc(OC)c(OC)c3Cl)C(=O)O)cc2)n1. The van der Waals surface area contributed by atoms with Gasteiger partial charge in [0.25, 0.3) is 5.91 Å². The number of rotatable bonds is 12. The lowest BCUT2D eigenvalue weighted by atomic mass is 10.0. The number of methoxy groups -OCH3 is 2. The number of benzene rings is 2. The molecule has 0 bridgehead atoms.